The van der Waals surface area contributed by atoms with Crippen molar-refractivity contribution in [2.24, 2.45) is 0 Å². The molecule has 2 aromatic carbocycles. The van der Waals surface area contributed by atoms with Crippen LogP contribution in [0, 0.1) is 0 Å². The maximum absolute atomic E-state index is 5.82. The monoisotopic (exact) mass is 335 g/mol. The number of thiazole rings is 1. The van der Waals surface area contributed by atoms with Gasteiger partial charge in [0.25, 0.3) is 0 Å². The molecule has 1 aromatic heterocycles. The molecule has 1 aliphatic rings. The summed E-state index contributed by atoms with van der Waals surface area (Å²) >= 11 is 1.65. The summed E-state index contributed by atoms with van der Waals surface area (Å²) in [7, 11) is 0. The molecule has 3 aromatic rings. The minimum absolute atomic E-state index is 0.712. The van der Waals surface area contributed by atoms with Crippen molar-refractivity contribution in [3.8, 4) is 0 Å². The van der Waals surface area contributed by atoms with Crippen LogP contribution in [0.1, 0.15) is 16.1 Å². The Morgan fingerprint density at radius 1 is 1.08 bits per heavy atom. The summed E-state index contributed by atoms with van der Waals surface area (Å²) in [6.45, 7) is 3.11. The van der Waals surface area contributed by atoms with Crippen molar-refractivity contribution < 1.29 is 0 Å². The van der Waals surface area contributed by atoms with Gasteiger partial charge in [-0.25, -0.2) is 4.98 Å². The van der Waals surface area contributed by atoms with E-state index in [0.29, 0.717) is 5.13 Å². The number of anilines is 1. The van der Waals surface area contributed by atoms with E-state index in [1.807, 2.05) is 0 Å². The summed E-state index contributed by atoms with van der Waals surface area (Å²) in [5.74, 6) is 0. The van der Waals surface area contributed by atoms with Gasteiger partial charge in [0.15, 0.2) is 5.13 Å². The van der Waals surface area contributed by atoms with Gasteiger partial charge in [-0.1, -0.05) is 54.6 Å². The topological polar surface area (TPSA) is 42.1 Å². The molecule has 1 aliphatic heterocycles. The van der Waals surface area contributed by atoms with E-state index >= 15 is 0 Å². The first-order valence-corrected chi connectivity index (χ1v) is 9.22. The van der Waals surface area contributed by atoms with E-state index in [4.69, 9.17) is 5.73 Å². The lowest BCUT2D eigenvalue weighted by atomic mass is 10.0. The zero-order valence-electron chi connectivity index (χ0n) is 13.6. The quantitative estimate of drug-likeness (QED) is 0.787. The normalized spacial score (nSPS) is 15.7. The molecule has 0 saturated carbocycles. The summed E-state index contributed by atoms with van der Waals surface area (Å²) in [5.41, 5.74) is 8.31. The number of hydrogen-bond donors (Lipinski definition) is 1. The zero-order valence-corrected chi connectivity index (χ0v) is 14.4. The lowest BCUT2D eigenvalue weighted by molar-refractivity contribution is 0.318. The largest absolute Gasteiger partial charge is 0.375 e. The fourth-order valence-corrected chi connectivity index (χ4v) is 4.20. The Labute approximate surface area is 146 Å². The van der Waals surface area contributed by atoms with E-state index in [1.165, 1.54) is 26.9 Å². The van der Waals surface area contributed by atoms with Crippen molar-refractivity contribution >= 4 is 33.3 Å². The van der Waals surface area contributed by atoms with Crippen LogP contribution in [0.5, 0.6) is 0 Å². The molecule has 3 nitrogen and oxygen atoms in total. The molecule has 4 heteroatoms. The summed E-state index contributed by atoms with van der Waals surface area (Å²) in [6.07, 6.45) is 6.60. The lowest BCUT2D eigenvalue weighted by Gasteiger charge is -2.17. The van der Waals surface area contributed by atoms with Crippen LogP contribution in [0.4, 0.5) is 5.13 Å². The van der Waals surface area contributed by atoms with E-state index in [9.17, 15) is 0 Å². The van der Waals surface area contributed by atoms with Gasteiger partial charge in [0.1, 0.15) is 0 Å². The predicted octanol–water partition coefficient (Wildman–Crippen LogP) is 3.99. The molecule has 0 atom stereocenters. The Hall–Kier alpha value is -2.17. The summed E-state index contributed by atoms with van der Waals surface area (Å²) in [6, 6.07) is 15.0. The second kappa shape index (κ2) is 6.75. The van der Waals surface area contributed by atoms with Crippen LogP contribution in [-0.2, 0) is 12.8 Å². The van der Waals surface area contributed by atoms with Crippen molar-refractivity contribution in [1.82, 2.24) is 9.88 Å². The molecular weight excluding hydrogens is 314 g/mol. The van der Waals surface area contributed by atoms with E-state index < -0.39 is 0 Å². The fraction of sp³-hybridized carbons (Fsp3) is 0.250. The highest BCUT2D eigenvalue weighted by Crippen LogP contribution is 2.24. The number of nitrogens with two attached hydrogens (primary N) is 1. The third kappa shape index (κ3) is 3.21. The van der Waals surface area contributed by atoms with Gasteiger partial charge in [0.05, 0.1) is 5.69 Å². The Bertz CT molecular complexity index is 851. The van der Waals surface area contributed by atoms with Crippen molar-refractivity contribution in [1.29, 1.82) is 0 Å². The molecule has 0 bridgehead atoms. The number of fused-ring (bicyclic) bond motifs is 2. The Morgan fingerprint density at radius 3 is 2.88 bits per heavy atom. The van der Waals surface area contributed by atoms with Crippen LogP contribution in [0.3, 0.4) is 0 Å². The molecule has 0 spiro atoms. The number of nitrogen functional groups attached to an aromatic ring is 1. The van der Waals surface area contributed by atoms with Gasteiger partial charge >= 0.3 is 0 Å². The van der Waals surface area contributed by atoms with Crippen molar-refractivity contribution in [3.05, 3.63) is 64.7 Å². The lowest BCUT2D eigenvalue weighted by Crippen LogP contribution is -2.26. The number of hydrogen-bond acceptors (Lipinski definition) is 4. The van der Waals surface area contributed by atoms with Crippen molar-refractivity contribution in [2.45, 2.75) is 12.8 Å². The van der Waals surface area contributed by atoms with Gasteiger partial charge in [-0.3, -0.25) is 4.90 Å². The van der Waals surface area contributed by atoms with Crippen LogP contribution in [0.2, 0.25) is 0 Å². The van der Waals surface area contributed by atoms with Crippen LogP contribution >= 0.6 is 11.3 Å². The molecule has 0 radical (unpaired) electrons. The number of rotatable bonds is 3. The van der Waals surface area contributed by atoms with E-state index in [-0.39, 0.29) is 0 Å². The summed E-state index contributed by atoms with van der Waals surface area (Å²) in [4.78, 5) is 8.32. The van der Waals surface area contributed by atoms with E-state index in [1.54, 1.807) is 11.3 Å². The third-order valence-corrected chi connectivity index (χ3v) is 5.59. The third-order valence-electron chi connectivity index (χ3n) is 4.60. The van der Waals surface area contributed by atoms with Gasteiger partial charge < -0.3 is 5.73 Å². The molecule has 2 heterocycles. The Kier molecular flexibility index (Phi) is 4.32. The first-order valence-electron chi connectivity index (χ1n) is 8.40. The number of aromatic nitrogens is 1. The molecule has 0 amide bonds. The SMILES string of the molecule is Nc1nc2c(s1)CCN(CC=Cc1cccc3ccccc13)CC2. The smallest absolute Gasteiger partial charge is 0.180 e. The molecule has 0 unspecified atom stereocenters. The van der Waals surface area contributed by atoms with Crippen LogP contribution in [0.15, 0.2) is 48.5 Å². The van der Waals surface area contributed by atoms with Crippen LogP contribution in [0.25, 0.3) is 16.8 Å². The molecule has 0 saturated heterocycles. The molecule has 122 valence electrons. The van der Waals surface area contributed by atoms with Crippen molar-refractivity contribution in [3.63, 3.8) is 0 Å². The Morgan fingerprint density at radius 2 is 1.92 bits per heavy atom. The fourth-order valence-electron chi connectivity index (χ4n) is 3.34. The molecule has 2 N–H and O–H groups in total. The second-order valence-corrected chi connectivity index (χ2v) is 7.31. The first kappa shape index (κ1) is 15.4. The van der Waals surface area contributed by atoms with Gasteiger partial charge in [-0.05, 0) is 22.8 Å². The molecule has 24 heavy (non-hydrogen) atoms. The zero-order chi connectivity index (χ0) is 16.4. The van der Waals surface area contributed by atoms with Crippen molar-refractivity contribution in [2.75, 3.05) is 25.4 Å². The predicted molar refractivity (Wildman–Crippen MR) is 103 cm³/mol. The second-order valence-electron chi connectivity index (χ2n) is 6.19. The molecule has 0 aliphatic carbocycles. The van der Waals surface area contributed by atoms with E-state index in [2.05, 4.69) is 64.5 Å². The Balaban J connectivity index is 1.43. The highest BCUT2D eigenvalue weighted by molar-refractivity contribution is 7.15. The number of benzene rings is 2. The highest BCUT2D eigenvalue weighted by atomic mass is 32.1. The van der Waals surface area contributed by atoms with Gasteiger partial charge in [-0.15, -0.1) is 11.3 Å². The van der Waals surface area contributed by atoms with Gasteiger partial charge in [0, 0.05) is 30.9 Å². The standard InChI is InChI=1S/C20H21N3S/c21-20-22-18-10-13-23(14-11-19(18)24-20)12-4-8-16-7-3-6-15-5-1-2-9-17(15)16/h1-9H,10-14H2,(H2,21,22). The molecule has 0 fully saturated rings. The molecular formula is C20H21N3S. The van der Waals surface area contributed by atoms with Gasteiger partial charge in [0.2, 0.25) is 0 Å². The summed E-state index contributed by atoms with van der Waals surface area (Å²) < 4.78 is 0. The minimum Gasteiger partial charge on any atom is -0.375 e. The van der Waals surface area contributed by atoms with E-state index in [0.717, 1.165) is 32.5 Å². The van der Waals surface area contributed by atoms with Crippen LogP contribution < -0.4 is 5.73 Å². The maximum Gasteiger partial charge on any atom is 0.180 e. The average molecular weight is 335 g/mol. The molecule has 4 rings (SSSR count). The first-order chi connectivity index (χ1) is 11.8. The van der Waals surface area contributed by atoms with Crippen LogP contribution in [-0.4, -0.2) is 29.5 Å². The highest BCUT2D eigenvalue weighted by Gasteiger charge is 2.16. The number of nitrogens with zero attached hydrogens (tertiary/aromatic N) is 2. The minimum atomic E-state index is 0.712. The average Bonchev–Trinajstić information content (AvgIpc) is 2.86. The summed E-state index contributed by atoms with van der Waals surface area (Å²) in [5, 5.41) is 3.32. The maximum atomic E-state index is 5.82. The van der Waals surface area contributed by atoms with Gasteiger partial charge in [-0.2, -0.15) is 0 Å².